The molecular formula is C14H23NO2. The van der Waals surface area contributed by atoms with Crippen LogP contribution in [0.1, 0.15) is 27.7 Å². The molecule has 0 aliphatic heterocycles. The van der Waals surface area contributed by atoms with Crippen molar-refractivity contribution < 1.29 is 9.47 Å². The molecule has 0 heterocycles. The maximum atomic E-state index is 5.79. The van der Waals surface area contributed by atoms with E-state index in [-0.39, 0.29) is 11.6 Å². The molecule has 1 atom stereocenters. The summed E-state index contributed by atoms with van der Waals surface area (Å²) < 4.78 is 10.9. The first-order valence-corrected chi connectivity index (χ1v) is 5.96. The lowest BCUT2D eigenvalue weighted by Crippen LogP contribution is -2.41. The average Bonchev–Trinajstić information content (AvgIpc) is 2.27. The number of ether oxygens (including phenoxy) is 2. The summed E-state index contributed by atoms with van der Waals surface area (Å²) >= 11 is 0. The highest BCUT2D eigenvalue weighted by molar-refractivity contribution is 5.31. The van der Waals surface area contributed by atoms with Gasteiger partial charge in [-0.2, -0.15) is 0 Å². The summed E-state index contributed by atoms with van der Waals surface area (Å²) in [4.78, 5) is 0. The van der Waals surface area contributed by atoms with Crippen LogP contribution in [0.2, 0.25) is 0 Å². The molecule has 0 aromatic heterocycles. The van der Waals surface area contributed by atoms with Gasteiger partial charge in [0.1, 0.15) is 17.6 Å². The van der Waals surface area contributed by atoms with Crippen molar-refractivity contribution >= 4 is 0 Å². The summed E-state index contributed by atoms with van der Waals surface area (Å²) in [5.41, 5.74) is 0.123. The van der Waals surface area contributed by atoms with Crippen molar-refractivity contribution in [2.24, 2.45) is 0 Å². The minimum atomic E-state index is 0.123. The van der Waals surface area contributed by atoms with E-state index in [1.165, 1.54) is 0 Å². The first kappa shape index (κ1) is 13.8. The van der Waals surface area contributed by atoms with Crippen molar-refractivity contribution in [3.63, 3.8) is 0 Å². The van der Waals surface area contributed by atoms with Crippen LogP contribution >= 0.6 is 0 Å². The smallest absolute Gasteiger partial charge is 0.120 e. The fraction of sp³-hybridized carbons (Fsp3) is 0.571. The summed E-state index contributed by atoms with van der Waals surface area (Å²) in [6, 6.07) is 7.65. The van der Waals surface area contributed by atoms with Gasteiger partial charge >= 0.3 is 0 Å². The van der Waals surface area contributed by atoms with Crippen molar-refractivity contribution in [2.75, 3.05) is 13.7 Å². The van der Waals surface area contributed by atoms with Crippen LogP contribution in [0.3, 0.4) is 0 Å². The second-order valence-corrected chi connectivity index (χ2v) is 5.23. The van der Waals surface area contributed by atoms with E-state index in [1.807, 2.05) is 24.3 Å². The topological polar surface area (TPSA) is 30.5 Å². The number of hydrogen-bond acceptors (Lipinski definition) is 3. The zero-order chi connectivity index (χ0) is 12.9. The first-order valence-electron chi connectivity index (χ1n) is 5.96. The van der Waals surface area contributed by atoms with E-state index in [4.69, 9.17) is 9.47 Å². The van der Waals surface area contributed by atoms with E-state index >= 15 is 0 Å². The van der Waals surface area contributed by atoms with E-state index in [1.54, 1.807) is 7.11 Å². The van der Waals surface area contributed by atoms with Crippen molar-refractivity contribution in [1.82, 2.24) is 5.32 Å². The quantitative estimate of drug-likeness (QED) is 0.854. The van der Waals surface area contributed by atoms with Gasteiger partial charge in [-0.15, -0.1) is 0 Å². The molecule has 0 radical (unpaired) electrons. The number of nitrogens with one attached hydrogen (secondary N) is 1. The van der Waals surface area contributed by atoms with E-state index in [0.717, 1.165) is 18.0 Å². The fourth-order valence-corrected chi connectivity index (χ4v) is 1.38. The van der Waals surface area contributed by atoms with E-state index < -0.39 is 0 Å². The lowest BCUT2D eigenvalue weighted by atomic mass is 10.1. The summed E-state index contributed by atoms with van der Waals surface area (Å²) in [6.45, 7) is 9.33. The van der Waals surface area contributed by atoms with Crippen molar-refractivity contribution in [2.45, 2.75) is 39.3 Å². The van der Waals surface area contributed by atoms with Gasteiger partial charge in [0.2, 0.25) is 0 Å². The third-order valence-corrected chi connectivity index (χ3v) is 2.32. The third-order valence-electron chi connectivity index (χ3n) is 2.32. The fourth-order valence-electron chi connectivity index (χ4n) is 1.38. The Balaban J connectivity index is 2.42. The zero-order valence-corrected chi connectivity index (χ0v) is 11.4. The van der Waals surface area contributed by atoms with Crippen LogP contribution in [0.25, 0.3) is 0 Å². The summed E-state index contributed by atoms with van der Waals surface area (Å²) in [5, 5.41) is 3.41. The summed E-state index contributed by atoms with van der Waals surface area (Å²) in [5.74, 6) is 1.71. The Morgan fingerprint density at radius 1 is 1.12 bits per heavy atom. The normalized spacial score (nSPS) is 13.2. The Hall–Kier alpha value is -1.22. The van der Waals surface area contributed by atoms with Crippen molar-refractivity contribution in [3.8, 4) is 11.5 Å². The highest BCUT2D eigenvalue weighted by Crippen LogP contribution is 2.18. The predicted molar refractivity (Wildman–Crippen MR) is 70.8 cm³/mol. The predicted octanol–water partition coefficient (Wildman–Crippen LogP) is 2.85. The molecule has 96 valence electrons. The molecule has 0 amide bonds. The van der Waals surface area contributed by atoms with Crippen LogP contribution in [0.5, 0.6) is 11.5 Å². The maximum Gasteiger partial charge on any atom is 0.120 e. The number of benzene rings is 1. The summed E-state index contributed by atoms with van der Waals surface area (Å²) in [6.07, 6.45) is 0.141. The lowest BCUT2D eigenvalue weighted by Gasteiger charge is -2.24. The van der Waals surface area contributed by atoms with Gasteiger partial charge in [-0.25, -0.2) is 0 Å². The molecule has 0 fully saturated rings. The molecule has 0 bridgehead atoms. The van der Waals surface area contributed by atoms with Crippen molar-refractivity contribution in [3.05, 3.63) is 24.3 Å². The minimum Gasteiger partial charge on any atom is -0.497 e. The Labute approximate surface area is 104 Å². The van der Waals surface area contributed by atoms with E-state index in [2.05, 4.69) is 33.0 Å². The molecule has 1 rings (SSSR count). The van der Waals surface area contributed by atoms with Gasteiger partial charge in [-0.05, 0) is 52.0 Å². The molecule has 0 spiro atoms. The second-order valence-electron chi connectivity index (χ2n) is 5.23. The Morgan fingerprint density at radius 2 is 1.65 bits per heavy atom. The number of rotatable bonds is 5. The molecule has 3 heteroatoms. The molecule has 0 aliphatic carbocycles. The highest BCUT2D eigenvalue weighted by atomic mass is 16.5. The summed E-state index contributed by atoms with van der Waals surface area (Å²) in [7, 11) is 1.66. The first-order chi connectivity index (χ1) is 7.90. The van der Waals surface area contributed by atoms with Gasteiger partial charge in [-0.1, -0.05) is 0 Å². The molecule has 0 aliphatic rings. The molecule has 1 aromatic carbocycles. The molecule has 0 saturated carbocycles. The van der Waals surface area contributed by atoms with Crippen LogP contribution in [0.15, 0.2) is 24.3 Å². The molecular weight excluding hydrogens is 214 g/mol. The van der Waals surface area contributed by atoms with Gasteiger partial charge in [-0.3, -0.25) is 0 Å². The SMILES string of the molecule is COc1ccc(OC(C)CNC(C)(C)C)cc1. The standard InChI is InChI=1S/C14H23NO2/c1-11(10-15-14(2,3)4)17-13-8-6-12(16-5)7-9-13/h6-9,11,15H,10H2,1-5H3. The molecule has 17 heavy (non-hydrogen) atoms. The zero-order valence-electron chi connectivity index (χ0n) is 11.4. The minimum absolute atomic E-state index is 0.123. The van der Waals surface area contributed by atoms with Gasteiger partial charge in [0.05, 0.1) is 7.11 Å². The van der Waals surface area contributed by atoms with Gasteiger partial charge in [0.25, 0.3) is 0 Å². The van der Waals surface area contributed by atoms with Gasteiger partial charge in [0.15, 0.2) is 0 Å². The second kappa shape index (κ2) is 5.92. The lowest BCUT2D eigenvalue weighted by molar-refractivity contribution is 0.203. The monoisotopic (exact) mass is 237 g/mol. The van der Waals surface area contributed by atoms with Crippen LogP contribution in [0, 0.1) is 0 Å². The largest absolute Gasteiger partial charge is 0.497 e. The van der Waals surface area contributed by atoms with Crippen LogP contribution in [-0.2, 0) is 0 Å². The Bertz CT molecular complexity index is 327. The Morgan fingerprint density at radius 3 is 2.12 bits per heavy atom. The average molecular weight is 237 g/mol. The van der Waals surface area contributed by atoms with Crippen LogP contribution in [0.4, 0.5) is 0 Å². The molecule has 3 nitrogen and oxygen atoms in total. The third kappa shape index (κ3) is 5.59. The molecule has 1 N–H and O–H groups in total. The van der Waals surface area contributed by atoms with Crippen LogP contribution < -0.4 is 14.8 Å². The van der Waals surface area contributed by atoms with Crippen molar-refractivity contribution in [1.29, 1.82) is 0 Å². The van der Waals surface area contributed by atoms with Gasteiger partial charge in [0, 0.05) is 12.1 Å². The molecule has 1 unspecified atom stereocenters. The van der Waals surface area contributed by atoms with E-state index in [0.29, 0.717) is 0 Å². The van der Waals surface area contributed by atoms with Crippen LogP contribution in [-0.4, -0.2) is 25.3 Å². The van der Waals surface area contributed by atoms with Gasteiger partial charge < -0.3 is 14.8 Å². The molecule has 1 aromatic rings. The number of methoxy groups -OCH3 is 1. The highest BCUT2D eigenvalue weighted by Gasteiger charge is 2.11. The van der Waals surface area contributed by atoms with E-state index in [9.17, 15) is 0 Å². The molecule has 0 saturated heterocycles. The Kier molecular flexibility index (Phi) is 4.82. The number of hydrogen-bond donors (Lipinski definition) is 1. The maximum absolute atomic E-state index is 5.79.